The summed E-state index contributed by atoms with van der Waals surface area (Å²) in [4.78, 5) is 10.5. The van der Waals surface area contributed by atoms with Crippen LogP contribution in [-0.4, -0.2) is 19.9 Å². The summed E-state index contributed by atoms with van der Waals surface area (Å²) in [5.41, 5.74) is 8.47. The van der Waals surface area contributed by atoms with Crippen LogP contribution >= 0.6 is 0 Å². The van der Waals surface area contributed by atoms with Crippen LogP contribution < -0.4 is 5.73 Å². The molecule has 94 valence electrons. The maximum atomic E-state index is 10.9. The highest BCUT2D eigenvalue weighted by molar-refractivity contribution is 5.54. The number of rotatable bonds is 2. The summed E-state index contributed by atoms with van der Waals surface area (Å²) in [6.45, 7) is 5.33. The van der Waals surface area contributed by atoms with Crippen LogP contribution in [0.4, 0.5) is 11.5 Å². The van der Waals surface area contributed by atoms with Gasteiger partial charge < -0.3 is 5.73 Å². The molecule has 0 atom stereocenters. The molecule has 0 saturated carbocycles. The lowest BCUT2D eigenvalue weighted by atomic mass is 10.1. The predicted molar refractivity (Wildman–Crippen MR) is 66.6 cm³/mol. The molecule has 0 bridgehead atoms. The lowest BCUT2D eigenvalue weighted by Crippen LogP contribution is -2.04. The van der Waals surface area contributed by atoms with Crippen LogP contribution in [0.3, 0.4) is 0 Å². The number of benzene rings is 1. The molecule has 0 unspecified atom stereocenters. The first-order valence-electron chi connectivity index (χ1n) is 5.35. The van der Waals surface area contributed by atoms with E-state index < -0.39 is 4.92 Å². The van der Waals surface area contributed by atoms with E-state index in [1.165, 1.54) is 10.7 Å². The number of hydrogen-bond donors (Lipinski definition) is 1. The SMILES string of the molecule is Cc1cc(C)c([N+](=O)[O-])cc1-n1nnc(N)c1C. The van der Waals surface area contributed by atoms with Gasteiger partial charge in [0.05, 0.1) is 16.3 Å². The second kappa shape index (κ2) is 4.10. The number of hydrogen-bond acceptors (Lipinski definition) is 5. The van der Waals surface area contributed by atoms with Gasteiger partial charge in [-0.25, -0.2) is 4.68 Å². The van der Waals surface area contributed by atoms with E-state index in [9.17, 15) is 10.1 Å². The third-order valence-corrected chi connectivity index (χ3v) is 2.87. The second-order valence-electron chi connectivity index (χ2n) is 4.15. The van der Waals surface area contributed by atoms with Gasteiger partial charge in [0.15, 0.2) is 5.82 Å². The lowest BCUT2D eigenvalue weighted by molar-refractivity contribution is -0.385. The van der Waals surface area contributed by atoms with Crippen molar-refractivity contribution in [2.45, 2.75) is 20.8 Å². The first-order valence-corrected chi connectivity index (χ1v) is 5.35. The maximum Gasteiger partial charge on any atom is 0.274 e. The maximum absolute atomic E-state index is 10.9. The first kappa shape index (κ1) is 12.0. The molecular weight excluding hydrogens is 234 g/mol. The zero-order valence-corrected chi connectivity index (χ0v) is 10.3. The third kappa shape index (κ3) is 1.79. The summed E-state index contributed by atoms with van der Waals surface area (Å²) < 4.78 is 1.51. The highest BCUT2D eigenvalue weighted by Crippen LogP contribution is 2.26. The molecule has 0 aliphatic rings. The van der Waals surface area contributed by atoms with Gasteiger partial charge >= 0.3 is 0 Å². The lowest BCUT2D eigenvalue weighted by Gasteiger charge is -2.08. The minimum Gasteiger partial charge on any atom is -0.381 e. The Labute approximate surface area is 103 Å². The van der Waals surface area contributed by atoms with Gasteiger partial charge in [-0.1, -0.05) is 5.21 Å². The molecule has 2 aromatic rings. The third-order valence-electron chi connectivity index (χ3n) is 2.87. The average molecular weight is 247 g/mol. The van der Waals surface area contributed by atoms with Crippen molar-refractivity contribution >= 4 is 11.5 Å². The van der Waals surface area contributed by atoms with E-state index in [-0.39, 0.29) is 5.69 Å². The van der Waals surface area contributed by atoms with E-state index >= 15 is 0 Å². The average Bonchev–Trinajstić information content (AvgIpc) is 2.60. The number of nitrogens with two attached hydrogens (primary N) is 1. The Morgan fingerprint density at radius 1 is 1.28 bits per heavy atom. The van der Waals surface area contributed by atoms with Crippen molar-refractivity contribution in [1.29, 1.82) is 0 Å². The summed E-state index contributed by atoms with van der Waals surface area (Å²) >= 11 is 0. The molecule has 1 aromatic heterocycles. The molecule has 0 spiro atoms. The summed E-state index contributed by atoms with van der Waals surface area (Å²) in [5, 5.41) is 18.6. The monoisotopic (exact) mass is 247 g/mol. The van der Waals surface area contributed by atoms with Gasteiger partial charge in [0.2, 0.25) is 0 Å². The first-order chi connectivity index (χ1) is 8.41. The highest BCUT2D eigenvalue weighted by atomic mass is 16.6. The quantitative estimate of drug-likeness (QED) is 0.642. The van der Waals surface area contributed by atoms with Crippen molar-refractivity contribution in [3.63, 3.8) is 0 Å². The Hall–Kier alpha value is -2.44. The van der Waals surface area contributed by atoms with E-state index in [4.69, 9.17) is 5.73 Å². The fraction of sp³-hybridized carbons (Fsp3) is 0.273. The number of nitro benzene ring substituents is 1. The van der Waals surface area contributed by atoms with Gasteiger partial charge in [0.1, 0.15) is 0 Å². The number of nitro groups is 1. The van der Waals surface area contributed by atoms with Crippen LogP contribution in [0.5, 0.6) is 0 Å². The number of nitrogens with zero attached hydrogens (tertiary/aromatic N) is 4. The molecule has 0 aliphatic carbocycles. The molecule has 1 aromatic carbocycles. The number of aryl methyl sites for hydroxylation is 2. The van der Waals surface area contributed by atoms with Crippen LogP contribution in [0.2, 0.25) is 0 Å². The Balaban J connectivity index is 2.68. The van der Waals surface area contributed by atoms with Crippen LogP contribution in [0.1, 0.15) is 16.8 Å². The fourth-order valence-electron chi connectivity index (χ4n) is 1.82. The Morgan fingerprint density at radius 2 is 1.94 bits per heavy atom. The number of anilines is 1. The molecule has 0 aliphatic heterocycles. The van der Waals surface area contributed by atoms with Gasteiger partial charge in [-0.05, 0) is 32.4 Å². The molecular formula is C11H13N5O2. The van der Waals surface area contributed by atoms with Crippen molar-refractivity contribution in [3.8, 4) is 5.69 Å². The molecule has 0 amide bonds. The summed E-state index contributed by atoms with van der Waals surface area (Å²) in [5.74, 6) is 0.317. The number of aromatic nitrogens is 3. The molecule has 1 heterocycles. The van der Waals surface area contributed by atoms with Crippen LogP contribution in [-0.2, 0) is 0 Å². The molecule has 2 N–H and O–H groups in total. The highest BCUT2D eigenvalue weighted by Gasteiger charge is 2.17. The van der Waals surface area contributed by atoms with E-state index in [2.05, 4.69) is 10.3 Å². The van der Waals surface area contributed by atoms with Crippen molar-refractivity contribution < 1.29 is 4.92 Å². The van der Waals surface area contributed by atoms with Crippen molar-refractivity contribution in [2.75, 3.05) is 5.73 Å². The summed E-state index contributed by atoms with van der Waals surface area (Å²) in [6.07, 6.45) is 0. The largest absolute Gasteiger partial charge is 0.381 e. The topological polar surface area (TPSA) is 99.9 Å². The molecule has 0 saturated heterocycles. The molecule has 0 fully saturated rings. The van der Waals surface area contributed by atoms with Gasteiger partial charge in [0.25, 0.3) is 5.69 Å². The normalized spacial score (nSPS) is 10.6. The summed E-state index contributed by atoms with van der Waals surface area (Å²) in [6, 6.07) is 3.25. The minimum atomic E-state index is -0.409. The zero-order chi connectivity index (χ0) is 13.4. The van der Waals surface area contributed by atoms with E-state index in [0.29, 0.717) is 22.8 Å². The van der Waals surface area contributed by atoms with Crippen LogP contribution in [0.25, 0.3) is 5.69 Å². The van der Waals surface area contributed by atoms with Gasteiger partial charge in [-0.15, -0.1) is 5.10 Å². The van der Waals surface area contributed by atoms with E-state index in [1.54, 1.807) is 19.9 Å². The van der Waals surface area contributed by atoms with Gasteiger partial charge in [0, 0.05) is 11.6 Å². The second-order valence-corrected chi connectivity index (χ2v) is 4.15. The van der Waals surface area contributed by atoms with Crippen molar-refractivity contribution in [3.05, 3.63) is 39.1 Å². The predicted octanol–water partition coefficient (Wildman–Crippen LogP) is 1.68. The van der Waals surface area contributed by atoms with E-state index in [0.717, 1.165) is 5.56 Å². The Bertz CT molecular complexity index is 633. The Morgan fingerprint density at radius 3 is 2.44 bits per heavy atom. The van der Waals surface area contributed by atoms with Crippen LogP contribution in [0.15, 0.2) is 12.1 Å². The minimum absolute atomic E-state index is 0.0593. The molecule has 0 radical (unpaired) electrons. The van der Waals surface area contributed by atoms with Gasteiger partial charge in [-0.3, -0.25) is 10.1 Å². The van der Waals surface area contributed by atoms with Crippen molar-refractivity contribution in [1.82, 2.24) is 15.0 Å². The smallest absolute Gasteiger partial charge is 0.274 e. The molecule has 2 rings (SSSR count). The number of nitrogen functional groups attached to an aromatic ring is 1. The molecule has 7 nitrogen and oxygen atoms in total. The Kier molecular flexibility index (Phi) is 2.74. The van der Waals surface area contributed by atoms with E-state index in [1.807, 2.05) is 6.92 Å². The van der Waals surface area contributed by atoms with Gasteiger partial charge in [-0.2, -0.15) is 0 Å². The zero-order valence-electron chi connectivity index (χ0n) is 10.3. The molecule has 18 heavy (non-hydrogen) atoms. The fourth-order valence-corrected chi connectivity index (χ4v) is 1.82. The standard InChI is InChI=1S/C11H13N5O2/c1-6-4-7(2)10(16(17)18)5-9(6)15-8(3)11(12)13-14-15/h4-5H,12H2,1-3H3. The molecule has 7 heteroatoms. The van der Waals surface area contributed by atoms with Crippen LogP contribution in [0, 0.1) is 30.9 Å². The van der Waals surface area contributed by atoms with Crippen molar-refractivity contribution in [2.24, 2.45) is 0 Å². The summed E-state index contributed by atoms with van der Waals surface area (Å²) in [7, 11) is 0.